The van der Waals surface area contributed by atoms with E-state index in [9.17, 15) is 22.8 Å². The summed E-state index contributed by atoms with van der Waals surface area (Å²) in [6.07, 6.45) is -1.43. The van der Waals surface area contributed by atoms with Crippen molar-refractivity contribution in [2.75, 3.05) is 17.7 Å². The third kappa shape index (κ3) is 4.79. The number of carbonyl (C=O) groups is 2. The third-order valence-corrected chi connectivity index (χ3v) is 4.81. The molecule has 0 radical (unpaired) electrons. The zero-order valence-corrected chi connectivity index (χ0v) is 17.2. The Morgan fingerprint density at radius 1 is 1.00 bits per heavy atom. The number of benzene rings is 2. The minimum absolute atomic E-state index is 0.0547. The van der Waals surface area contributed by atoms with Crippen LogP contribution in [0.3, 0.4) is 0 Å². The SMILES string of the molecule is COc1cc(NC(=O)Nc2cccc(C(=O)c3c[nH]c4ncccc34)c2)cc(C(F)(F)F)c1. The van der Waals surface area contributed by atoms with Gasteiger partial charge in [0, 0.05) is 46.3 Å². The topological polar surface area (TPSA) is 96.1 Å². The number of halogens is 3. The number of hydrogen-bond acceptors (Lipinski definition) is 4. The lowest BCUT2D eigenvalue weighted by molar-refractivity contribution is -0.137. The van der Waals surface area contributed by atoms with E-state index in [1.54, 1.807) is 42.7 Å². The fraction of sp³-hybridized carbons (Fsp3) is 0.0870. The van der Waals surface area contributed by atoms with E-state index < -0.39 is 17.8 Å². The van der Waals surface area contributed by atoms with Gasteiger partial charge in [-0.05, 0) is 36.4 Å². The number of urea groups is 1. The largest absolute Gasteiger partial charge is 0.497 e. The van der Waals surface area contributed by atoms with Crippen LogP contribution in [0.1, 0.15) is 21.5 Å². The number of alkyl halides is 3. The van der Waals surface area contributed by atoms with Crippen LogP contribution in [0.2, 0.25) is 0 Å². The number of ketones is 1. The average Bonchev–Trinajstić information content (AvgIpc) is 3.22. The van der Waals surface area contributed by atoms with Crippen molar-refractivity contribution in [1.82, 2.24) is 9.97 Å². The molecular formula is C23H17F3N4O3. The summed E-state index contributed by atoms with van der Waals surface area (Å²) in [5.41, 5.74) is 0.547. The molecule has 0 spiro atoms. The van der Waals surface area contributed by atoms with Crippen molar-refractivity contribution >= 4 is 34.2 Å². The van der Waals surface area contributed by atoms with E-state index in [4.69, 9.17) is 4.74 Å². The summed E-state index contributed by atoms with van der Waals surface area (Å²) < 4.78 is 44.1. The number of pyridine rings is 1. The monoisotopic (exact) mass is 454 g/mol. The van der Waals surface area contributed by atoms with Crippen LogP contribution >= 0.6 is 0 Å². The highest BCUT2D eigenvalue weighted by atomic mass is 19.4. The van der Waals surface area contributed by atoms with Crippen LogP contribution in [0.15, 0.2) is 67.0 Å². The molecule has 4 aromatic rings. The van der Waals surface area contributed by atoms with E-state index >= 15 is 0 Å². The second-order valence-electron chi connectivity index (χ2n) is 7.04. The van der Waals surface area contributed by atoms with E-state index in [0.29, 0.717) is 22.2 Å². The zero-order valence-electron chi connectivity index (χ0n) is 17.2. The van der Waals surface area contributed by atoms with Crippen molar-refractivity contribution < 1.29 is 27.5 Å². The highest BCUT2D eigenvalue weighted by molar-refractivity contribution is 6.16. The summed E-state index contributed by atoms with van der Waals surface area (Å²) in [5.74, 6) is -0.332. The molecule has 3 N–H and O–H groups in total. The number of carbonyl (C=O) groups excluding carboxylic acids is 2. The van der Waals surface area contributed by atoms with Crippen LogP contribution in [0, 0.1) is 0 Å². The quantitative estimate of drug-likeness (QED) is 0.349. The molecule has 0 saturated heterocycles. The number of nitrogens with zero attached hydrogens (tertiary/aromatic N) is 1. The van der Waals surface area contributed by atoms with Gasteiger partial charge in [0.05, 0.1) is 12.7 Å². The maximum atomic E-state index is 13.1. The van der Waals surface area contributed by atoms with E-state index in [0.717, 1.165) is 12.1 Å². The van der Waals surface area contributed by atoms with Gasteiger partial charge < -0.3 is 20.4 Å². The fourth-order valence-corrected chi connectivity index (χ4v) is 3.28. The predicted molar refractivity (Wildman–Crippen MR) is 117 cm³/mol. The Hall–Kier alpha value is -4.34. The van der Waals surface area contributed by atoms with E-state index in [1.165, 1.54) is 19.2 Å². The molecule has 33 heavy (non-hydrogen) atoms. The first kappa shape index (κ1) is 21.9. The normalized spacial score (nSPS) is 11.3. The van der Waals surface area contributed by atoms with Gasteiger partial charge in [-0.2, -0.15) is 13.2 Å². The van der Waals surface area contributed by atoms with Gasteiger partial charge in [0.2, 0.25) is 0 Å². The van der Waals surface area contributed by atoms with E-state index in [1.807, 2.05) is 0 Å². The molecule has 168 valence electrons. The highest BCUT2D eigenvalue weighted by Gasteiger charge is 2.31. The first-order valence-corrected chi connectivity index (χ1v) is 9.66. The molecule has 0 saturated carbocycles. The molecule has 2 amide bonds. The number of fused-ring (bicyclic) bond motifs is 1. The molecule has 0 unspecified atom stereocenters. The van der Waals surface area contributed by atoms with Gasteiger partial charge in [0.1, 0.15) is 11.4 Å². The summed E-state index contributed by atoms with van der Waals surface area (Å²) in [5, 5.41) is 5.53. The Morgan fingerprint density at radius 3 is 2.55 bits per heavy atom. The van der Waals surface area contributed by atoms with Crippen molar-refractivity contribution in [3.05, 3.63) is 83.7 Å². The molecule has 7 nitrogen and oxygen atoms in total. The summed E-state index contributed by atoms with van der Waals surface area (Å²) >= 11 is 0. The molecule has 10 heteroatoms. The maximum absolute atomic E-state index is 13.1. The predicted octanol–water partition coefficient (Wildman–Crippen LogP) is 5.47. The van der Waals surface area contributed by atoms with Gasteiger partial charge in [-0.3, -0.25) is 4.79 Å². The molecular weight excluding hydrogens is 437 g/mol. The maximum Gasteiger partial charge on any atom is 0.416 e. The van der Waals surface area contributed by atoms with Gasteiger partial charge in [-0.15, -0.1) is 0 Å². The van der Waals surface area contributed by atoms with Crippen LogP contribution in [0.25, 0.3) is 11.0 Å². The molecule has 2 aromatic carbocycles. The fourth-order valence-electron chi connectivity index (χ4n) is 3.28. The number of hydrogen-bond donors (Lipinski definition) is 3. The number of nitrogens with one attached hydrogen (secondary N) is 3. The van der Waals surface area contributed by atoms with E-state index in [-0.39, 0.29) is 22.9 Å². The van der Waals surface area contributed by atoms with Gasteiger partial charge in [0.15, 0.2) is 5.78 Å². The Balaban J connectivity index is 1.52. The summed E-state index contributed by atoms with van der Waals surface area (Å²) in [7, 11) is 1.23. The number of H-pyrrole nitrogens is 1. The molecule has 0 fully saturated rings. The number of ether oxygens (including phenoxy) is 1. The van der Waals surface area contributed by atoms with Crippen LogP contribution in [0.4, 0.5) is 29.3 Å². The van der Waals surface area contributed by atoms with Crippen molar-refractivity contribution in [2.24, 2.45) is 0 Å². The Bertz CT molecular complexity index is 1350. The molecule has 2 aromatic heterocycles. The molecule has 0 aliphatic carbocycles. The summed E-state index contributed by atoms with van der Waals surface area (Å²) in [6.45, 7) is 0. The average molecular weight is 454 g/mol. The summed E-state index contributed by atoms with van der Waals surface area (Å²) in [6, 6.07) is 11.8. The Labute approximate surface area is 185 Å². The minimum Gasteiger partial charge on any atom is -0.497 e. The Morgan fingerprint density at radius 2 is 1.79 bits per heavy atom. The molecule has 0 bridgehead atoms. The second-order valence-corrected chi connectivity index (χ2v) is 7.04. The number of amides is 2. The van der Waals surface area contributed by atoms with Crippen molar-refractivity contribution in [3.63, 3.8) is 0 Å². The van der Waals surface area contributed by atoms with Crippen molar-refractivity contribution in [2.45, 2.75) is 6.18 Å². The molecule has 0 atom stereocenters. The molecule has 0 aliphatic heterocycles. The molecule has 0 aliphatic rings. The lowest BCUT2D eigenvalue weighted by Crippen LogP contribution is -2.20. The van der Waals surface area contributed by atoms with E-state index in [2.05, 4.69) is 20.6 Å². The van der Waals surface area contributed by atoms with Crippen LogP contribution < -0.4 is 15.4 Å². The van der Waals surface area contributed by atoms with Crippen LogP contribution in [0.5, 0.6) is 5.75 Å². The number of rotatable bonds is 5. The minimum atomic E-state index is -4.60. The lowest BCUT2D eigenvalue weighted by Gasteiger charge is -2.13. The second kappa shape index (κ2) is 8.65. The van der Waals surface area contributed by atoms with Gasteiger partial charge in [-0.25, -0.2) is 9.78 Å². The van der Waals surface area contributed by atoms with Crippen LogP contribution in [-0.4, -0.2) is 28.9 Å². The van der Waals surface area contributed by atoms with Crippen molar-refractivity contribution in [1.29, 1.82) is 0 Å². The number of methoxy groups -OCH3 is 1. The first-order valence-electron chi connectivity index (χ1n) is 9.66. The van der Waals surface area contributed by atoms with Crippen molar-refractivity contribution in [3.8, 4) is 5.75 Å². The number of aromatic amines is 1. The molecule has 2 heterocycles. The Kier molecular flexibility index (Phi) is 5.74. The zero-order chi connectivity index (χ0) is 23.6. The number of aromatic nitrogens is 2. The highest BCUT2D eigenvalue weighted by Crippen LogP contribution is 2.34. The smallest absolute Gasteiger partial charge is 0.416 e. The van der Waals surface area contributed by atoms with Gasteiger partial charge in [-0.1, -0.05) is 12.1 Å². The van der Waals surface area contributed by atoms with Gasteiger partial charge >= 0.3 is 12.2 Å². The van der Waals surface area contributed by atoms with Gasteiger partial charge in [0.25, 0.3) is 0 Å². The standard InChI is InChI=1S/C23H17F3N4O3/c1-33-17-10-14(23(24,25)26)9-16(11-17)30-22(32)29-15-5-2-4-13(8-15)20(31)19-12-28-21-18(19)6-3-7-27-21/h2-12H,1H3,(H,27,28)(H2,29,30,32). The number of anilines is 2. The summed E-state index contributed by atoms with van der Waals surface area (Å²) in [4.78, 5) is 32.4. The first-order chi connectivity index (χ1) is 15.7. The van der Waals surface area contributed by atoms with Crippen LogP contribution in [-0.2, 0) is 6.18 Å². The third-order valence-electron chi connectivity index (χ3n) is 4.81. The molecule has 4 rings (SSSR count). The lowest BCUT2D eigenvalue weighted by atomic mass is 10.0.